The number of carbonyl (C=O) groups excluding carboxylic acids is 1. The molecule has 0 saturated carbocycles. The number of nitrogens with zero attached hydrogens (tertiary/aromatic N) is 1. The lowest BCUT2D eigenvalue weighted by Crippen LogP contribution is -2.30. The first kappa shape index (κ1) is 18.3. The number of halogens is 2. The van der Waals surface area contributed by atoms with Crippen molar-refractivity contribution in [2.24, 2.45) is 0 Å². The lowest BCUT2D eigenvalue weighted by Gasteiger charge is -2.13. The van der Waals surface area contributed by atoms with Crippen molar-refractivity contribution in [1.82, 2.24) is 10.3 Å². The molecule has 1 heterocycles. The van der Waals surface area contributed by atoms with Gasteiger partial charge in [-0.1, -0.05) is 18.2 Å². The van der Waals surface area contributed by atoms with Gasteiger partial charge in [0.25, 0.3) is 0 Å². The van der Waals surface area contributed by atoms with E-state index < -0.39 is 0 Å². The second-order valence-corrected chi connectivity index (χ2v) is 7.23. The molecule has 6 heteroatoms. The van der Waals surface area contributed by atoms with E-state index in [1.165, 1.54) is 30.0 Å². The Labute approximate surface area is 154 Å². The van der Waals surface area contributed by atoms with Crippen molar-refractivity contribution in [2.45, 2.75) is 24.5 Å². The maximum Gasteiger partial charge on any atom is 0.233 e. The number of nitrogens with one attached hydrogen (secondary N) is 1. The van der Waals surface area contributed by atoms with Crippen LogP contribution in [0.4, 0.5) is 8.78 Å². The highest BCUT2D eigenvalue weighted by molar-refractivity contribution is 7.99. The Morgan fingerprint density at radius 2 is 1.92 bits per heavy atom. The van der Waals surface area contributed by atoms with Gasteiger partial charge in [-0.3, -0.25) is 9.78 Å². The maximum atomic E-state index is 13.8. The predicted octanol–water partition coefficient (Wildman–Crippen LogP) is 4.45. The summed E-state index contributed by atoms with van der Waals surface area (Å²) in [5.74, 6) is -0.145. The first-order chi connectivity index (χ1) is 12.5. The monoisotopic (exact) mass is 372 g/mol. The molecule has 0 aliphatic rings. The van der Waals surface area contributed by atoms with Crippen LogP contribution >= 0.6 is 11.8 Å². The molecule has 1 N–H and O–H groups in total. The van der Waals surface area contributed by atoms with Gasteiger partial charge in [0.2, 0.25) is 5.91 Å². The van der Waals surface area contributed by atoms with Crippen molar-refractivity contribution in [1.29, 1.82) is 0 Å². The van der Waals surface area contributed by atoms with Gasteiger partial charge in [0.1, 0.15) is 11.6 Å². The Kier molecular flexibility index (Phi) is 5.83. The molecule has 0 bridgehead atoms. The van der Waals surface area contributed by atoms with Crippen LogP contribution in [-0.4, -0.2) is 16.1 Å². The third-order valence-electron chi connectivity index (χ3n) is 4.04. The molecular weight excluding hydrogens is 354 g/mol. The van der Waals surface area contributed by atoms with Gasteiger partial charge in [-0.2, -0.15) is 0 Å². The largest absolute Gasteiger partial charge is 0.351 e. The van der Waals surface area contributed by atoms with Crippen molar-refractivity contribution in [3.63, 3.8) is 0 Å². The van der Waals surface area contributed by atoms with Crippen LogP contribution in [0.1, 0.15) is 18.1 Å². The number of amides is 1. The summed E-state index contributed by atoms with van der Waals surface area (Å²) >= 11 is 1.46. The van der Waals surface area contributed by atoms with Crippen molar-refractivity contribution in [2.75, 3.05) is 0 Å². The lowest BCUT2D eigenvalue weighted by atomic mass is 10.1. The van der Waals surface area contributed by atoms with Crippen LogP contribution in [-0.2, 0) is 17.1 Å². The lowest BCUT2D eigenvalue weighted by molar-refractivity contribution is -0.120. The average molecular weight is 372 g/mol. The molecule has 0 saturated heterocycles. The standard InChI is InChI=1S/C20H18F2N2OS/c1-13(20(25)24-11-14-4-7-16(21)8-5-14)26-12-15-6-9-18(22)17-3-2-10-23-19(15)17/h2-10,13H,11-12H2,1H3,(H,24,25). The van der Waals surface area contributed by atoms with Gasteiger partial charge < -0.3 is 5.32 Å². The third-order valence-corrected chi connectivity index (χ3v) is 5.23. The Hall–Kier alpha value is -2.47. The van der Waals surface area contributed by atoms with E-state index in [1.54, 1.807) is 36.5 Å². The minimum Gasteiger partial charge on any atom is -0.351 e. The van der Waals surface area contributed by atoms with E-state index in [1.807, 2.05) is 6.92 Å². The number of hydrogen-bond donors (Lipinski definition) is 1. The maximum absolute atomic E-state index is 13.8. The summed E-state index contributed by atoms with van der Waals surface area (Å²) in [4.78, 5) is 16.5. The van der Waals surface area contributed by atoms with Crippen LogP contribution in [0.25, 0.3) is 10.9 Å². The van der Waals surface area contributed by atoms with Gasteiger partial charge in [0.05, 0.1) is 10.8 Å². The molecule has 1 amide bonds. The zero-order valence-electron chi connectivity index (χ0n) is 14.2. The van der Waals surface area contributed by atoms with Gasteiger partial charge in [0.15, 0.2) is 0 Å². The summed E-state index contributed by atoms with van der Waals surface area (Å²) in [6.45, 7) is 2.18. The highest BCUT2D eigenvalue weighted by atomic mass is 32.2. The summed E-state index contributed by atoms with van der Waals surface area (Å²) in [7, 11) is 0. The quantitative estimate of drug-likeness (QED) is 0.695. The number of thioether (sulfide) groups is 1. The van der Waals surface area contributed by atoms with Crippen molar-refractivity contribution in [3.8, 4) is 0 Å². The molecule has 3 nitrogen and oxygen atoms in total. The van der Waals surface area contributed by atoms with E-state index in [0.29, 0.717) is 23.2 Å². The predicted molar refractivity (Wildman–Crippen MR) is 101 cm³/mol. The normalized spacial score (nSPS) is 12.1. The molecule has 1 aromatic heterocycles. The van der Waals surface area contributed by atoms with E-state index in [0.717, 1.165) is 11.1 Å². The third kappa shape index (κ3) is 4.38. The van der Waals surface area contributed by atoms with E-state index in [-0.39, 0.29) is 22.8 Å². The summed E-state index contributed by atoms with van der Waals surface area (Å²) in [5.41, 5.74) is 2.36. The number of hydrogen-bond acceptors (Lipinski definition) is 3. The zero-order valence-corrected chi connectivity index (χ0v) is 15.0. The van der Waals surface area contributed by atoms with Crippen molar-refractivity contribution in [3.05, 3.63) is 77.5 Å². The molecule has 0 aliphatic heterocycles. The summed E-state index contributed by atoms with van der Waals surface area (Å²) in [6.07, 6.45) is 1.63. The minimum atomic E-state index is -0.302. The Bertz CT molecular complexity index is 915. The van der Waals surface area contributed by atoms with Gasteiger partial charge >= 0.3 is 0 Å². The van der Waals surface area contributed by atoms with E-state index >= 15 is 0 Å². The van der Waals surface area contributed by atoms with Gasteiger partial charge in [-0.05, 0) is 48.4 Å². The fourth-order valence-electron chi connectivity index (χ4n) is 2.54. The topological polar surface area (TPSA) is 42.0 Å². The summed E-state index contributed by atoms with van der Waals surface area (Å²) in [6, 6.07) is 12.6. The Balaban J connectivity index is 1.58. The second kappa shape index (κ2) is 8.27. The van der Waals surface area contributed by atoms with Gasteiger partial charge in [0, 0.05) is 23.9 Å². The number of benzene rings is 2. The molecule has 0 fully saturated rings. The smallest absolute Gasteiger partial charge is 0.233 e. The number of pyridine rings is 1. The number of aromatic nitrogens is 1. The highest BCUT2D eigenvalue weighted by Gasteiger charge is 2.15. The van der Waals surface area contributed by atoms with Crippen molar-refractivity contribution < 1.29 is 13.6 Å². The highest BCUT2D eigenvalue weighted by Crippen LogP contribution is 2.25. The number of carbonyl (C=O) groups is 1. The Morgan fingerprint density at radius 1 is 1.15 bits per heavy atom. The van der Waals surface area contributed by atoms with Gasteiger partial charge in [-0.15, -0.1) is 11.8 Å². The average Bonchev–Trinajstić information content (AvgIpc) is 2.67. The molecule has 3 rings (SSSR count). The SMILES string of the molecule is CC(SCc1ccc(F)c2cccnc12)C(=O)NCc1ccc(F)cc1. The first-order valence-electron chi connectivity index (χ1n) is 8.20. The van der Waals surface area contributed by atoms with Crippen LogP contribution in [0.15, 0.2) is 54.7 Å². The first-order valence-corrected chi connectivity index (χ1v) is 9.25. The van der Waals surface area contributed by atoms with Gasteiger partial charge in [-0.25, -0.2) is 8.78 Å². The molecule has 3 aromatic rings. The van der Waals surface area contributed by atoms with Crippen LogP contribution < -0.4 is 5.32 Å². The number of fused-ring (bicyclic) bond motifs is 1. The summed E-state index contributed by atoms with van der Waals surface area (Å²) < 4.78 is 26.7. The molecule has 0 radical (unpaired) electrons. The molecule has 26 heavy (non-hydrogen) atoms. The second-order valence-electron chi connectivity index (χ2n) is 5.90. The molecule has 1 atom stereocenters. The van der Waals surface area contributed by atoms with Crippen LogP contribution in [0.3, 0.4) is 0 Å². The summed E-state index contributed by atoms with van der Waals surface area (Å²) in [5, 5.41) is 3.05. The Morgan fingerprint density at radius 3 is 2.69 bits per heavy atom. The molecule has 0 aliphatic carbocycles. The minimum absolute atomic E-state index is 0.0984. The fraction of sp³-hybridized carbons (Fsp3) is 0.200. The van der Waals surface area contributed by atoms with E-state index in [4.69, 9.17) is 0 Å². The zero-order chi connectivity index (χ0) is 18.5. The van der Waals surface area contributed by atoms with Crippen LogP contribution in [0.5, 0.6) is 0 Å². The van der Waals surface area contributed by atoms with Crippen LogP contribution in [0.2, 0.25) is 0 Å². The van der Waals surface area contributed by atoms with Crippen molar-refractivity contribution >= 4 is 28.6 Å². The number of rotatable bonds is 6. The molecule has 0 spiro atoms. The molecule has 134 valence electrons. The van der Waals surface area contributed by atoms with E-state index in [2.05, 4.69) is 10.3 Å². The van der Waals surface area contributed by atoms with E-state index in [9.17, 15) is 13.6 Å². The molecular formula is C20H18F2N2OS. The molecule has 1 unspecified atom stereocenters. The van der Waals surface area contributed by atoms with Crippen LogP contribution in [0, 0.1) is 11.6 Å². The molecule has 2 aromatic carbocycles. The fourth-order valence-corrected chi connectivity index (χ4v) is 3.44.